The van der Waals surface area contributed by atoms with Gasteiger partial charge in [-0.1, -0.05) is 34.8 Å². The lowest BCUT2D eigenvalue weighted by atomic mass is 10.2. The van der Waals surface area contributed by atoms with Crippen LogP contribution in [0.25, 0.3) is 0 Å². The number of nitrogens with zero attached hydrogens (tertiary/aromatic N) is 1. The van der Waals surface area contributed by atoms with Gasteiger partial charge in [0.2, 0.25) is 5.91 Å². The zero-order valence-corrected chi connectivity index (χ0v) is 13.3. The van der Waals surface area contributed by atoms with Crippen molar-refractivity contribution in [2.45, 2.75) is 13.5 Å². The second kappa shape index (κ2) is 6.52. The van der Waals surface area contributed by atoms with Crippen LogP contribution < -0.4 is 10.9 Å². The van der Waals surface area contributed by atoms with Crippen LogP contribution in [-0.2, 0) is 11.3 Å². The lowest BCUT2D eigenvalue weighted by molar-refractivity contribution is -0.116. The maximum absolute atomic E-state index is 12.0. The van der Waals surface area contributed by atoms with Gasteiger partial charge in [0.05, 0.1) is 5.02 Å². The van der Waals surface area contributed by atoms with Crippen molar-refractivity contribution in [2.75, 3.05) is 5.32 Å². The van der Waals surface area contributed by atoms with E-state index in [0.717, 1.165) is 10.1 Å². The van der Waals surface area contributed by atoms with E-state index in [1.807, 2.05) is 6.92 Å². The molecular formula is C14H11Cl3N2O2. The number of pyridine rings is 1. The summed E-state index contributed by atoms with van der Waals surface area (Å²) in [5.74, 6) is -0.360. The first kappa shape index (κ1) is 15.9. The van der Waals surface area contributed by atoms with E-state index in [4.69, 9.17) is 34.8 Å². The molecule has 21 heavy (non-hydrogen) atoms. The van der Waals surface area contributed by atoms with Crippen molar-refractivity contribution in [3.63, 3.8) is 0 Å². The summed E-state index contributed by atoms with van der Waals surface area (Å²) in [6.45, 7) is 1.64. The van der Waals surface area contributed by atoms with Crippen LogP contribution in [-0.4, -0.2) is 10.5 Å². The number of amides is 1. The Morgan fingerprint density at radius 1 is 1.19 bits per heavy atom. The molecule has 2 aromatic rings. The highest BCUT2D eigenvalue weighted by Gasteiger charge is 2.10. The molecule has 2 rings (SSSR count). The predicted octanol–water partition coefficient (Wildman–Crippen LogP) is 3.76. The molecule has 0 bridgehead atoms. The van der Waals surface area contributed by atoms with Crippen molar-refractivity contribution in [2.24, 2.45) is 0 Å². The molecule has 0 unspecified atom stereocenters. The third-order valence-corrected chi connectivity index (χ3v) is 3.50. The van der Waals surface area contributed by atoms with Gasteiger partial charge in [-0.25, -0.2) is 0 Å². The molecule has 0 aliphatic carbocycles. The summed E-state index contributed by atoms with van der Waals surface area (Å²) in [6, 6.07) is 6.44. The van der Waals surface area contributed by atoms with Crippen LogP contribution >= 0.6 is 34.8 Å². The number of hydrogen-bond acceptors (Lipinski definition) is 2. The Kier molecular flexibility index (Phi) is 4.93. The number of hydrogen-bond donors (Lipinski definition) is 1. The van der Waals surface area contributed by atoms with E-state index in [1.165, 1.54) is 12.3 Å². The van der Waals surface area contributed by atoms with E-state index in [2.05, 4.69) is 5.32 Å². The molecule has 1 N–H and O–H groups in total. The lowest BCUT2D eigenvalue weighted by Crippen LogP contribution is -2.27. The monoisotopic (exact) mass is 344 g/mol. The SMILES string of the molecule is Cc1cc(Cl)ccc1NC(=O)Cn1cc(Cl)cc(Cl)c1=O. The van der Waals surface area contributed by atoms with Crippen molar-refractivity contribution in [1.82, 2.24) is 4.57 Å². The Morgan fingerprint density at radius 2 is 1.90 bits per heavy atom. The average molecular weight is 346 g/mol. The van der Waals surface area contributed by atoms with Gasteiger partial charge in [-0.2, -0.15) is 0 Å². The van der Waals surface area contributed by atoms with Gasteiger partial charge in [0, 0.05) is 16.9 Å². The summed E-state index contributed by atoms with van der Waals surface area (Å²) >= 11 is 17.4. The second-order valence-electron chi connectivity index (χ2n) is 4.45. The smallest absolute Gasteiger partial charge is 0.269 e. The number of carbonyl (C=O) groups excluding carboxylic acids is 1. The molecule has 0 saturated heterocycles. The van der Waals surface area contributed by atoms with Gasteiger partial charge in [-0.3, -0.25) is 9.59 Å². The van der Waals surface area contributed by atoms with Gasteiger partial charge < -0.3 is 9.88 Å². The summed E-state index contributed by atoms with van der Waals surface area (Å²) in [7, 11) is 0. The number of halogens is 3. The molecule has 7 heteroatoms. The number of nitrogens with one attached hydrogen (secondary N) is 1. The zero-order chi connectivity index (χ0) is 15.6. The topological polar surface area (TPSA) is 51.1 Å². The van der Waals surface area contributed by atoms with Crippen molar-refractivity contribution < 1.29 is 4.79 Å². The van der Waals surface area contributed by atoms with Gasteiger partial charge in [-0.15, -0.1) is 0 Å². The van der Waals surface area contributed by atoms with Crippen molar-refractivity contribution in [3.8, 4) is 0 Å². The Hall–Kier alpha value is -1.49. The third kappa shape index (κ3) is 4.00. The van der Waals surface area contributed by atoms with Crippen LogP contribution in [0.3, 0.4) is 0 Å². The molecule has 0 spiro atoms. The van der Waals surface area contributed by atoms with Gasteiger partial charge in [0.25, 0.3) is 5.56 Å². The first-order chi connectivity index (χ1) is 9.86. The number of carbonyl (C=O) groups is 1. The van der Waals surface area contributed by atoms with E-state index in [9.17, 15) is 9.59 Å². The molecule has 1 heterocycles. The third-order valence-electron chi connectivity index (χ3n) is 2.79. The maximum Gasteiger partial charge on any atom is 0.269 e. The van der Waals surface area contributed by atoms with Gasteiger partial charge in [-0.05, 0) is 36.8 Å². The zero-order valence-electron chi connectivity index (χ0n) is 11.0. The Bertz CT molecular complexity index is 756. The van der Waals surface area contributed by atoms with E-state index in [-0.39, 0.29) is 22.5 Å². The number of rotatable bonds is 3. The molecule has 0 saturated carbocycles. The van der Waals surface area contributed by atoms with Crippen molar-refractivity contribution >= 4 is 46.4 Å². The quantitative estimate of drug-likeness (QED) is 0.921. The first-order valence-corrected chi connectivity index (χ1v) is 7.11. The Morgan fingerprint density at radius 3 is 2.57 bits per heavy atom. The van der Waals surface area contributed by atoms with Crippen LogP contribution in [0.15, 0.2) is 35.3 Å². The van der Waals surface area contributed by atoms with Crippen LogP contribution in [0.4, 0.5) is 5.69 Å². The van der Waals surface area contributed by atoms with Gasteiger partial charge >= 0.3 is 0 Å². The fourth-order valence-corrected chi connectivity index (χ4v) is 2.53. The number of aryl methyl sites for hydroxylation is 1. The molecule has 1 aromatic heterocycles. The number of aromatic nitrogens is 1. The van der Waals surface area contributed by atoms with Crippen LogP contribution in [0.5, 0.6) is 0 Å². The standard InChI is InChI=1S/C14H11Cl3N2O2/c1-8-4-9(15)2-3-12(8)18-13(20)7-19-6-10(16)5-11(17)14(19)21/h2-6H,7H2,1H3,(H,18,20). The summed E-state index contributed by atoms with van der Waals surface area (Å²) in [5.41, 5.74) is 0.988. The molecule has 0 aliphatic heterocycles. The summed E-state index contributed by atoms with van der Waals surface area (Å²) in [6.07, 6.45) is 1.37. The molecule has 0 fully saturated rings. The predicted molar refractivity (Wildman–Crippen MR) is 85.5 cm³/mol. The number of anilines is 1. The molecular weight excluding hydrogens is 335 g/mol. The summed E-state index contributed by atoms with van der Waals surface area (Å²) in [5, 5.41) is 3.55. The van der Waals surface area contributed by atoms with Crippen molar-refractivity contribution in [3.05, 3.63) is 61.4 Å². The number of benzene rings is 1. The highest BCUT2D eigenvalue weighted by atomic mass is 35.5. The minimum atomic E-state index is -0.468. The molecule has 4 nitrogen and oxygen atoms in total. The molecule has 0 aliphatic rings. The average Bonchev–Trinajstić information content (AvgIpc) is 2.38. The Labute approximate surface area is 136 Å². The fourth-order valence-electron chi connectivity index (χ4n) is 1.79. The molecule has 0 radical (unpaired) electrons. The molecule has 110 valence electrons. The Balaban J connectivity index is 2.17. The largest absolute Gasteiger partial charge is 0.324 e. The molecule has 0 atom stereocenters. The minimum Gasteiger partial charge on any atom is -0.324 e. The van der Waals surface area contributed by atoms with E-state index < -0.39 is 5.56 Å². The first-order valence-electron chi connectivity index (χ1n) is 5.98. The highest BCUT2D eigenvalue weighted by Crippen LogP contribution is 2.19. The lowest BCUT2D eigenvalue weighted by Gasteiger charge is -2.10. The highest BCUT2D eigenvalue weighted by molar-refractivity contribution is 6.34. The van der Waals surface area contributed by atoms with E-state index >= 15 is 0 Å². The van der Waals surface area contributed by atoms with Crippen LogP contribution in [0.1, 0.15) is 5.56 Å². The fraction of sp³-hybridized carbons (Fsp3) is 0.143. The van der Waals surface area contributed by atoms with Gasteiger partial charge in [0.1, 0.15) is 11.6 Å². The van der Waals surface area contributed by atoms with E-state index in [1.54, 1.807) is 18.2 Å². The van der Waals surface area contributed by atoms with Crippen LogP contribution in [0.2, 0.25) is 15.1 Å². The van der Waals surface area contributed by atoms with E-state index in [0.29, 0.717) is 10.7 Å². The summed E-state index contributed by atoms with van der Waals surface area (Å²) in [4.78, 5) is 23.8. The second-order valence-corrected chi connectivity index (χ2v) is 5.73. The summed E-state index contributed by atoms with van der Waals surface area (Å²) < 4.78 is 1.16. The minimum absolute atomic E-state index is 0.0297. The van der Waals surface area contributed by atoms with Crippen molar-refractivity contribution in [1.29, 1.82) is 0 Å². The normalized spacial score (nSPS) is 10.5. The maximum atomic E-state index is 12.0. The molecule has 1 aromatic carbocycles. The van der Waals surface area contributed by atoms with Crippen LogP contribution in [0, 0.1) is 6.92 Å². The van der Waals surface area contributed by atoms with Gasteiger partial charge in [0.15, 0.2) is 0 Å². The molecule has 1 amide bonds.